The maximum absolute atomic E-state index is 5.22. The molecule has 0 aliphatic carbocycles. The summed E-state index contributed by atoms with van der Waals surface area (Å²) in [6.45, 7) is 4.27. The molecule has 25 heavy (non-hydrogen) atoms. The molecule has 4 rings (SSSR count). The van der Waals surface area contributed by atoms with Crippen LogP contribution in [-0.2, 0) is 12.2 Å². The zero-order chi connectivity index (χ0) is 17.4. The molecule has 6 heteroatoms. The third-order valence-corrected chi connectivity index (χ3v) is 6.23. The molecule has 1 aromatic carbocycles. The van der Waals surface area contributed by atoms with Crippen molar-refractivity contribution < 1.29 is 4.74 Å². The topological polar surface area (TPSA) is 39.4 Å². The lowest BCUT2D eigenvalue weighted by molar-refractivity contribution is 0.414. The number of aromatic nitrogens is 3. The Bertz CT molecular complexity index is 1030. The van der Waals surface area contributed by atoms with Crippen molar-refractivity contribution in [3.05, 3.63) is 52.7 Å². The standard InChI is InChI=1S/C19H19N3OS2/c1-4-18-20-21-19(24-11-13-5-7-14(23-3)8-6-13)16-10-17-15(22(16)18)9-12(2)25-17/h5-10H,4,11H2,1-3H3. The largest absolute Gasteiger partial charge is 0.497 e. The van der Waals surface area contributed by atoms with E-state index in [9.17, 15) is 0 Å². The molecule has 0 atom stereocenters. The van der Waals surface area contributed by atoms with E-state index in [1.165, 1.54) is 20.7 Å². The van der Waals surface area contributed by atoms with Gasteiger partial charge < -0.3 is 4.74 Å². The molecule has 0 aliphatic rings. The van der Waals surface area contributed by atoms with E-state index in [2.05, 4.69) is 52.7 Å². The van der Waals surface area contributed by atoms with E-state index < -0.39 is 0 Å². The fraction of sp³-hybridized carbons (Fsp3) is 0.263. The summed E-state index contributed by atoms with van der Waals surface area (Å²) in [5.74, 6) is 2.75. The lowest BCUT2D eigenvalue weighted by Gasteiger charge is -2.08. The van der Waals surface area contributed by atoms with Crippen LogP contribution in [0.3, 0.4) is 0 Å². The maximum Gasteiger partial charge on any atom is 0.143 e. The average molecular weight is 370 g/mol. The van der Waals surface area contributed by atoms with Gasteiger partial charge in [-0.2, -0.15) is 0 Å². The van der Waals surface area contributed by atoms with Crippen molar-refractivity contribution in [2.75, 3.05) is 7.11 Å². The summed E-state index contributed by atoms with van der Waals surface area (Å²) < 4.78 is 8.78. The molecule has 0 amide bonds. The van der Waals surface area contributed by atoms with Crippen LogP contribution in [0.25, 0.3) is 15.7 Å². The minimum absolute atomic E-state index is 0.859. The minimum Gasteiger partial charge on any atom is -0.497 e. The smallest absolute Gasteiger partial charge is 0.143 e. The predicted molar refractivity (Wildman–Crippen MR) is 105 cm³/mol. The first-order valence-electron chi connectivity index (χ1n) is 8.22. The van der Waals surface area contributed by atoms with Crippen LogP contribution in [0.5, 0.6) is 5.75 Å². The molecule has 0 spiro atoms. The molecule has 0 saturated heterocycles. The fourth-order valence-electron chi connectivity index (χ4n) is 2.96. The zero-order valence-corrected chi connectivity index (χ0v) is 16.1. The second-order valence-corrected chi connectivity index (χ2v) is 8.14. The van der Waals surface area contributed by atoms with Crippen LogP contribution in [0.2, 0.25) is 0 Å². The molecule has 0 radical (unpaired) electrons. The summed E-state index contributed by atoms with van der Waals surface area (Å²) in [4.78, 5) is 1.32. The highest BCUT2D eigenvalue weighted by molar-refractivity contribution is 7.98. The monoisotopic (exact) mass is 369 g/mol. The summed E-state index contributed by atoms with van der Waals surface area (Å²) in [5.41, 5.74) is 3.65. The molecule has 0 aliphatic heterocycles. The highest BCUT2D eigenvalue weighted by Gasteiger charge is 2.14. The highest BCUT2D eigenvalue weighted by Crippen LogP contribution is 2.34. The van der Waals surface area contributed by atoms with E-state index in [1.807, 2.05) is 23.5 Å². The number of benzene rings is 1. The number of rotatable bonds is 5. The Morgan fingerprint density at radius 1 is 1.12 bits per heavy atom. The van der Waals surface area contributed by atoms with Gasteiger partial charge in [0.1, 0.15) is 16.6 Å². The lowest BCUT2D eigenvalue weighted by Crippen LogP contribution is -2.03. The average Bonchev–Trinajstić information content (AvgIpc) is 3.16. The third-order valence-electron chi connectivity index (χ3n) is 4.20. The van der Waals surface area contributed by atoms with E-state index in [1.54, 1.807) is 18.9 Å². The van der Waals surface area contributed by atoms with Crippen molar-refractivity contribution in [1.29, 1.82) is 0 Å². The van der Waals surface area contributed by atoms with Crippen LogP contribution >= 0.6 is 23.1 Å². The Hall–Kier alpha value is -2.05. The molecule has 4 aromatic rings. The Balaban J connectivity index is 1.70. The molecule has 3 heterocycles. The van der Waals surface area contributed by atoms with Crippen molar-refractivity contribution in [2.45, 2.75) is 31.0 Å². The van der Waals surface area contributed by atoms with E-state index in [-0.39, 0.29) is 0 Å². The zero-order valence-electron chi connectivity index (χ0n) is 14.4. The van der Waals surface area contributed by atoms with Crippen LogP contribution in [0, 0.1) is 6.92 Å². The number of aryl methyl sites for hydroxylation is 2. The Kier molecular flexibility index (Phi) is 4.39. The highest BCUT2D eigenvalue weighted by atomic mass is 32.2. The van der Waals surface area contributed by atoms with Crippen molar-refractivity contribution in [2.24, 2.45) is 0 Å². The Morgan fingerprint density at radius 3 is 2.64 bits per heavy atom. The fourth-order valence-corrected chi connectivity index (χ4v) is 4.79. The van der Waals surface area contributed by atoms with Gasteiger partial charge >= 0.3 is 0 Å². The van der Waals surface area contributed by atoms with Gasteiger partial charge in [0.2, 0.25) is 0 Å². The Labute approximate surface area is 154 Å². The normalized spacial score (nSPS) is 11.5. The molecule has 0 saturated carbocycles. The molecule has 3 aromatic heterocycles. The number of hydrogen-bond donors (Lipinski definition) is 0. The number of fused-ring (bicyclic) bond motifs is 3. The van der Waals surface area contributed by atoms with Crippen LogP contribution in [0.15, 0.2) is 41.4 Å². The predicted octanol–water partition coefficient (Wildman–Crippen LogP) is 5.12. The third kappa shape index (κ3) is 3.00. The van der Waals surface area contributed by atoms with Gasteiger partial charge in [0, 0.05) is 17.1 Å². The van der Waals surface area contributed by atoms with E-state index in [0.717, 1.165) is 34.3 Å². The van der Waals surface area contributed by atoms with Gasteiger partial charge in [0.25, 0.3) is 0 Å². The maximum atomic E-state index is 5.22. The molecular weight excluding hydrogens is 350 g/mol. The minimum atomic E-state index is 0.859. The summed E-state index contributed by atoms with van der Waals surface area (Å²) in [5, 5.41) is 9.95. The number of thioether (sulfide) groups is 1. The second-order valence-electron chi connectivity index (χ2n) is 5.88. The first-order valence-corrected chi connectivity index (χ1v) is 10.0. The van der Waals surface area contributed by atoms with E-state index in [0.29, 0.717) is 0 Å². The summed E-state index contributed by atoms with van der Waals surface area (Å²) in [6, 6.07) is 12.7. The van der Waals surface area contributed by atoms with Gasteiger partial charge in [-0.15, -0.1) is 21.5 Å². The van der Waals surface area contributed by atoms with Crippen LogP contribution in [0.1, 0.15) is 23.2 Å². The van der Waals surface area contributed by atoms with E-state index in [4.69, 9.17) is 4.74 Å². The number of hydrogen-bond acceptors (Lipinski definition) is 5. The van der Waals surface area contributed by atoms with Crippen LogP contribution in [0.4, 0.5) is 0 Å². The van der Waals surface area contributed by atoms with Gasteiger partial charge in [-0.25, -0.2) is 0 Å². The van der Waals surface area contributed by atoms with Crippen LogP contribution < -0.4 is 4.74 Å². The molecule has 0 fully saturated rings. The van der Waals surface area contributed by atoms with Gasteiger partial charge in [-0.3, -0.25) is 4.40 Å². The van der Waals surface area contributed by atoms with Gasteiger partial charge in [0.05, 0.1) is 22.8 Å². The van der Waals surface area contributed by atoms with Crippen LogP contribution in [-0.4, -0.2) is 21.7 Å². The second kappa shape index (κ2) is 6.69. The summed E-state index contributed by atoms with van der Waals surface area (Å²) in [7, 11) is 1.69. The number of ether oxygens (including phenoxy) is 1. The Morgan fingerprint density at radius 2 is 1.92 bits per heavy atom. The first kappa shape index (κ1) is 16.4. The van der Waals surface area contributed by atoms with Gasteiger partial charge in [-0.1, -0.05) is 30.8 Å². The molecule has 0 bridgehead atoms. The lowest BCUT2D eigenvalue weighted by atomic mass is 10.2. The molecule has 0 unspecified atom stereocenters. The van der Waals surface area contributed by atoms with Gasteiger partial charge in [0.15, 0.2) is 0 Å². The molecule has 128 valence electrons. The van der Waals surface area contributed by atoms with Crippen molar-refractivity contribution in [3.8, 4) is 5.75 Å². The number of thiophene rings is 1. The first-order chi connectivity index (χ1) is 12.2. The van der Waals surface area contributed by atoms with Crippen molar-refractivity contribution in [3.63, 3.8) is 0 Å². The number of methoxy groups -OCH3 is 1. The summed E-state index contributed by atoms with van der Waals surface area (Å²) in [6.07, 6.45) is 0.867. The van der Waals surface area contributed by atoms with Crippen molar-refractivity contribution >= 4 is 38.8 Å². The van der Waals surface area contributed by atoms with E-state index >= 15 is 0 Å². The molecule has 0 N–H and O–H groups in total. The molecule has 4 nitrogen and oxygen atoms in total. The van der Waals surface area contributed by atoms with Crippen molar-refractivity contribution in [1.82, 2.24) is 14.6 Å². The number of nitrogens with zero attached hydrogens (tertiary/aromatic N) is 3. The molecular formula is C19H19N3OS2. The summed E-state index contributed by atoms with van der Waals surface area (Å²) >= 11 is 3.55. The quantitative estimate of drug-likeness (QED) is 0.458. The SMILES string of the molecule is CCc1nnc(SCc2ccc(OC)cc2)c2cc3sc(C)cc3n12. The van der Waals surface area contributed by atoms with Gasteiger partial charge in [-0.05, 0) is 36.8 Å².